The van der Waals surface area contributed by atoms with Crippen LogP contribution in [0.5, 0.6) is 5.75 Å². The van der Waals surface area contributed by atoms with E-state index in [0.29, 0.717) is 0 Å². The van der Waals surface area contributed by atoms with Crippen LogP contribution in [0.2, 0.25) is 0 Å². The van der Waals surface area contributed by atoms with Crippen LogP contribution >= 0.6 is 0 Å². The van der Waals surface area contributed by atoms with Crippen molar-refractivity contribution in [3.05, 3.63) is 28.8 Å². The zero-order valence-corrected chi connectivity index (χ0v) is 13.0. The zero-order valence-electron chi connectivity index (χ0n) is 13.0. The summed E-state index contributed by atoms with van der Waals surface area (Å²) in [5.41, 5.74) is 4.57. The molecule has 0 N–H and O–H groups in total. The molecule has 1 heteroatoms. The highest BCUT2D eigenvalue weighted by Crippen LogP contribution is 2.35. The van der Waals surface area contributed by atoms with Gasteiger partial charge in [-0.05, 0) is 54.2 Å². The topological polar surface area (TPSA) is 9.23 Å². The average Bonchev–Trinajstić information content (AvgIpc) is 2.34. The minimum absolute atomic E-state index is 0.228. The molecule has 106 valence electrons. The summed E-state index contributed by atoms with van der Waals surface area (Å²) >= 11 is 0. The molecule has 0 aliphatic heterocycles. The number of aryl methyl sites for hydroxylation is 2. The van der Waals surface area contributed by atoms with E-state index in [1.54, 1.807) is 0 Å². The van der Waals surface area contributed by atoms with Crippen molar-refractivity contribution in [2.75, 3.05) is 6.61 Å². The van der Waals surface area contributed by atoms with Crippen LogP contribution in [0.4, 0.5) is 0 Å². The lowest BCUT2D eigenvalue weighted by Gasteiger charge is -2.25. The van der Waals surface area contributed by atoms with E-state index in [9.17, 15) is 0 Å². The minimum Gasteiger partial charge on any atom is -0.493 e. The summed E-state index contributed by atoms with van der Waals surface area (Å²) < 4.78 is 6.06. The zero-order chi connectivity index (χ0) is 13.9. The Morgan fingerprint density at radius 2 is 1.58 bits per heavy atom. The quantitative estimate of drug-likeness (QED) is 0.739. The van der Waals surface area contributed by atoms with Gasteiger partial charge in [0.2, 0.25) is 0 Å². The second-order valence-electron chi connectivity index (χ2n) is 6.78. The van der Waals surface area contributed by atoms with Crippen LogP contribution < -0.4 is 4.74 Å². The summed E-state index contributed by atoms with van der Waals surface area (Å²) in [5.74, 6) is 1.20. The van der Waals surface area contributed by atoms with E-state index in [4.69, 9.17) is 4.74 Å². The number of hydrogen-bond acceptors (Lipinski definition) is 1. The highest BCUT2D eigenvalue weighted by Gasteiger charge is 2.20. The van der Waals surface area contributed by atoms with Gasteiger partial charge >= 0.3 is 0 Å². The molecular formula is C18H28O. The van der Waals surface area contributed by atoms with Gasteiger partial charge in [-0.2, -0.15) is 0 Å². The van der Waals surface area contributed by atoms with Crippen molar-refractivity contribution < 1.29 is 4.74 Å². The monoisotopic (exact) mass is 260 g/mol. The molecule has 0 aromatic heterocycles. The molecule has 19 heavy (non-hydrogen) atoms. The Kier molecular flexibility index (Phi) is 4.54. The van der Waals surface area contributed by atoms with E-state index in [-0.39, 0.29) is 5.41 Å². The molecule has 1 nitrogen and oxygen atoms in total. The normalized spacial score (nSPS) is 15.8. The summed E-state index contributed by atoms with van der Waals surface area (Å²) in [4.78, 5) is 0. The fourth-order valence-corrected chi connectivity index (χ4v) is 2.76. The molecule has 1 aliphatic rings. The summed E-state index contributed by atoms with van der Waals surface area (Å²) in [5, 5.41) is 0. The molecule has 0 unspecified atom stereocenters. The smallest absolute Gasteiger partial charge is 0.125 e. The fraction of sp³-hybridized carbons (Fsp3) is 0.667. The number of ether oxygens (including phenoxy) is 1. The van der Waals surface area contributed by atoms with Crippen molar-refractivity contribution in [1.29, 1.82) is 0 Å². The lowest BCUT2D eigenvalue weighted by molar-refractivity contribution is 0.308. The maximum atomic E-state index is 6.06. The van der Waals surface area contributed by atoms with Crippen LogP contribution in [0, 0.1) is 0 Å². The maximum Gasteiger partial charge on any atom is 0.125 e. The molecule has 1 aliphatic carbocycles. The Morgan fingerprint density at radius 3 is 2.05 bits per heavy atom. The lowest BCUT2D eigenvalue weighted by Crippen LogP contribution is -2.14. The van der Waals surface area contributed by atoms with Gasteiger partial charge in [-0.25, -0.2) is 0 Å². The minimum atomic E-state index is 0.228. The van der Waals surface area contributed by atoms with Crippen LogP contribution in [0.3, 0.4) is 0 Å². The Hall–Kier alpha value is -0.980. The predicted octanol–water partition coefficient (Wildman–Crippen LogP) is 5.04. The molecule has 0 fully saturated rings. The van der Waals surface area contributed by atoms with Gasteiger partial charge in [0.05, 0.1) is 6.61 Å². The third kappa shape index (κ3) is 3.52. The highest BCUT2D eigenvalue weighted by molar-refractivity contribution is 5.47. The number of fused-ring (bicyclic) bond motifs is 2. The highest BCUT2D eigenvalue weighted by atomic mass is 16.5. The Morgan fingerprint density at radius 1 is 1.00 bits per heavy atom. The molecule has 1 aromatic rings. The van der Waals surface area contributed by atoms with Gasteiger partial charge in [0.15, 0.2) is 0 Å². The van der Waals surface area contributed by atoms with Gasteiger partial charge in [-0.1, -0.05) is 46.2 Å². The van der Waals surface area contributed by atoms with E-state index in [2.05, 4.69) is 39.8 Å². The van der Waals surface area contributed by atoms with E-state index < -0.39 is 0 Å². The first-order valence-corrected chi connectivity index (χ1v) is 7.81. The maximum absolute atomic E-state index is 6.06. The van der Waals surface area contributed by atoms with Crippen molar-refractivity contribution in [2.24, 2.45) is 0 Å². The predicted molar refractivity (Wildman–Crippen MR) is 82.2 cm³/mol. The SMILES string of the molecule is CCCOc1c2cc(C(C)(C)C)cc1CCCCC2. The van der Waals surface area contributed by atoms with Crippen LogP contribution in [-0.4, -0.2) is 6.61 Å². The molecular weight excluding hydrogens is 232 g/mol. The molecule has 0 saturated carbocycles. The Balaban J connectivity index is 2.43. The first-order valence-electron chi connectivity index (χ1n) is 7.81. The van der Waals surface area contributed by atoms with E-state index in [1.165, 1.54) is 54.5 Å². The van der Waals surface area contributed by atoms with Crippen LogP contribution in [0.25, 0.3) is 0 Å². The first kappa shape index (κ1) is 14.4. The molecule has 0 saturated heterocycles. The summed E-state index contributed by atoms with van der Waals surface area (Å²) in [6.45, 7) is 9.92. The standard InChI is InChI=1S/C18H28O/c1-5-11-19-17-14-9-7-6-8-10-15(17)13-16(12-14)18(2,3)4/h12-13H,5-11H2,1-4H3. The summed E-state index contributed by atoms with van der Waals surface area (Å²) in [7, 11) is 0. The van der Waals surface area contributed by atoms with Crippen molar-refractivity contribution >= 4 is 0 Å². The van der Waals surface area contributed by atoms with Gasteiger partial charge < -0.3 is 4.74 Å². The van der Waals surface area contributed by atoms with E-state index >= 15 is 0 Å². The second-order valence-corrected chi connectivity index (χ2v) is 6.78. The molecule has 0 spiro atoms. The average molecular weight is 260 g/mol. The molecule has 0 amide bonds. The van der Waals surface area contributed by atoms with Crippen molar-refractivity contribution in [3.63, 3.8) is 0 Å². The van der Waals surface area contributed by atoms with Gasteiger partial charge in [-0.15, -0.1) is 0 Å². The number of hydrogen-bond donors (Lipinski definition) is 0. The van der Waals surface area contributed by atoms with Crippen molar-refractivity contribution in [2.45, 2.75) is 71.6 Å². The Bertz CT molecular complexity index is 399. The van der Waals surface area contributed by atoms with E-state index in [1.807, 2.05) is 0 Å². The Labute approximate surface area is 118 Å². The molecule has 1 aromatic carbocycles. The van der Waals surface area contributed by atoms with Crippen molar-refractivity contribution in [3.8, 4) is 5.75 Å². The van der Waals surface area contributed by atoms with Crippen LogP contribution in [0.15, 0.2) is 12.1 Å². The number of rotatable bonds is 3. The van der Waals surface area contributed by atoms with Gasteiger partial charge in [0.1, 0.15) is 5.75 Å². The molecule has 2 bridgehead atoms. The molecule has 0 radical (unpaired) electrons. The molecule has 2 rings (SSSR count). The van der Waals surface area contributed by atoms with Crippen LogP contribution in [0.1, 0.15) is 70.1 Å². The third-order valence-corrected chi connectivity index (χ3v) is 3.95. The number of benzene rings is 1. The van der Waals surface area contributed by atoms with Gasteiger partial charge in [-0.3, -0.25) is 0 Å². The van der Waals surface area contributed by atoms with Gasteiger partial charge in [0.25, 0.3) is 0 Å². The van der Waals surface area contributed by atoms with Crippen LogP contribution in [-0.2, 0) is 18.3 Å². The van der Waals surface area contributed by atoms with Crippen molar-refractivity contribution in [1.82, 2.24) is 0 Å². The van der Waals surface area contributed by atoms with Gasteiger partial charge in [0, 0.05) is 0 Å². The second kappa shape index (κ2) is 5.98. The lowest BCUT2D eigenvalue weighted by atomic mass is 9.82. The van der Waals surface area contributed by atoms with E-state index in [0.717, 1.165) is 13.0 Å². The summed E-state index contributed by atoms with van der Waals surface area (Å²) in [6.07, 6.45) is 7.39. The summed E-state index contributed by atoms with van der Waals surface area (Å²) in [6, 6.07) is 4.78. The molecule has 0 heterocycles. The fourth-order valence-electron chi connectivity index (χ4n) is 2.76. The largest absolute Gasteiger partial charge is 0.493 e. The third-order valence-electron chi connectivity index (χ3n) is 3.95. The first-order chi connectivity index (χ1) is 9.02. The molecule has 0 atom stereocenters.